The van der Waals surface area contributed by atoms with Crippen LogP contribution in [0.5, 0.6) is 5.75 Å². The molecule has 1 amide bonds. The van der Waals surface area contributed by atoms with Gasteiger partial charge in [0.2, 0.25) is 11.9 Å². The summed E-state index contributed by atoms with van der Waals surface area (Å²) in [4.78, 5) is 26.5. The SMILES string of the molecule is CC[C@@H](O)C1C(=O)Nc2c(C)nc(NC3CC(COc4ccc(C(F)(F)F)nc4)C3)nc2N1C. The smallest absolute Gasteiger partial charge is 0.433 e. The van der Waals surface area contributed by atoms with Gasteiger partial charge in [0.05, 0.1) is 24.6 Å². The van der Waals surface area contributed by atoms with Gasteiger partial charge in [-0.1, -0.05) is 6.92 Å². The number of ether oxygens (including phenoxy) is 1. The number of pyridine rings is 1. The summed E-state index contributed by atoms with van der Waals surface area (Å²) in [6, 6.07) is 1.56. The minimum Gasteiger partial charge on any atom is -0.492 e. The number of hydrogen-bond acceptors (Lipinski definition) is 8. The van der Waals surface area contributed by atoms with Gasteiger partial charge in [0, 0.05) is 13.1 Å². The van der Waals surface area contributed by atoms with Crippen molar-refractivity contribution < 1.29 is 27.8 Å². The van der Waals surface area contributed by atoms with Gasteiger partial charge < -0.3 is 25.4 Å². The average molecular weight is 480 g/mol. The van der Waals surface area contributed by atoms with Crippen molar-refractivity contribution in [3.05, 3.63) is 29.7 Å². The van der Waals surface area contributed by atoms with Crippen LogP contribution in [0.25, 0.3) is 0 Å². The van der Waals surface area contributed by atoms with Crippen molar-refractivity contribution in [3.63, 3.8) is 0 Å². The largest absolute Gasteiger partial charge is 0.492 e. The number of nitrogens with zero attached hydrogens (tertiary/aromatic N) is 4. The van der Waals surface area contributed by atoms with Crippen molar-refractivity contribution in [3.8, 4) is 5.75 Å². The maximum absolute atomic E-state index is 12.6. The Labute approximate surface area is 194 Å². The van der Waals surface area contributed by atoms with E-state index < -0.39 is 24.0 Å². The summed E-state index contributed by atoms with van der Waals surface area (Å²) in [5, 5.41) is 16.4. The Morgan fingerprint density at radius 2 is 2.06 bits per heavy atom. The normalized spacial score (nSPS) is 23.0. The molecule has 0 spiro atoms. The van der Waals surface area contributed by atoms with Crippen molar-refractivity contribution in [2.75, 3.05) is 29.2 Å². The van der Waals surface area contributed by atoms with E-state index in [-0.39, 0.29) is 17.9 Å². The third-order valence-electron chi connectivity index (χ3n) is 6.20. The Balaban J connectivity index is 1.32. The van der Waals surface area contributed by atoms with Crippen molar-refractivity contribution in [1.82, 2.24) is 15.0 Å². The third-order valence-corrected chi connectivity index (χ3v) is 6.20. The summed E-state index contributed by atoms with van der Waals surface area (Å²) in [5.41, 5.74) is 0.197. The number of aliphatic hydroxyl groups is 1. The van der Waals surface area contributed by atoms with Gasteiger partial charge in [-0.25, -0.2) is 9.97 Å². The first-order valence-electron chi connectivity index (χ1n) is 11.1. The van der Waals surface area contributed by atoms with Crippen molar-refractivity contribution >= 4 is 23.4 Å². The van der Waals surface area contributed by atoms with Gasteiger partial charge in [-0.15, -0.1) is 0 Å². The Kier molecular flexibility index (Phi) is 6.52. The molecule has 1 unspecified atom stereocenters. The van der Waals surface area contributed by atoms with Crippen LogP contribution in [0.4, 0.5) is 30.6 Å². The molecule has 3 heterocycles. The van der Waals surface area contributed by atoms with E-state index in [0.29, 0.717) is 41.9 Å². The molecule has 184 valence electrons. The van der Waals surface area contributed by atoms with Crippen molar-refractivity contribution in [2.24, 2.45) is 5.92 Å². The minimum absolute atomic E-state index is 0.122. The van der Waals surface area contributed by atoms with Crippen LogP contribution in [0.1, 0.15) is 37.6 Å². The second-order valence-corrected chi connectivity index (χ2v) is 8.72. The first kappa shape index (κ1) is 24.0. The van der Waals surface area contributed by atoms with Gasteiger partial charge in [0.15, 0.2) is 5.82 Å². The van der Waals surface area contributed by atoms with E-state index in [1.54, 1.807) is 18.9 Å². The molecule has 4 rings (SSSR count). The quantitative estimate of drug-likeness (QED) is 0.555. The number of anilines is 3. The first-order valence-corrected chi connectivity index (χ1v) is 11.1. The lowest BCUT2D eigenvalue weighted by Gasteiger charge is -2.38. The van der Waals surface area contributed by atoms with E-state index in [0.717, 1.165) is 25.1 Å². The van der Waals surface area contributed by atoms with E-state index >= 15 is 0 Å². The Bertz CT molecular complexity index is 1040. The van der Waals surface area contributed by atoms with Crippen LogP contribution < -0.4 is 20.3 Å². The highest BCUT2D eigenvalue weighted by Gasteiger charge is 2.38. The molecule has 1 fully saturated rings. The number of rotatable bonds is 7. The number of likely N-dealkylation sites (N-methyl/N-ethyl adjacent to an activating group) is 1. The summed E-state index contributed by atoms with van der Waals surface area (Å²) in [7, 11) is 1.73. The van der Waals surface area contributed by atoms with Gasteiger partial charge in [0.25, 0.3) is 0 Å². The predicted octanol–water partition coefficient (Wildman–Crippen LogP) is 3.00. The fourth-order valence-corrected chi connectivity index (χ4v) is 4.20. The number of halogens is 3. The van der Waals surface area contributed by atoms with Crippen LogP contribution in [-0.4, -0.2) is 57.8 Å². The van der Waals surface area contributed by atoms with Gasteiger partial charge in [-0.05, 0) is 44.2 Å². The Hall–Kier alpha value is -3.15. The number of hydrogen-bond donors (Lipinski definition) is 3. The van der Waals surface area contributed by atoms with Crippen LogP contribution >= 0.6 is 0 Å². The van der Waals surface area contributed by atoms with Gasteiger partial charge in [0.1, 0.15) is 23.2 Å². The Morgan fingerprint density at radius 3 is 2.68 bits per heavy atom. The van der Waals surface area contributed by atoms with E-state index in [9.17, 15) is 23.1 Å². The van der Waals surface area contributed by atoms with Gasteiger partial charge >= 0.3 is 6.18 Å². The molecule has 2 aromatic rings. The summed E-state index contributed by atoms with van der Waals surface area (Å²) >= 11 is 0. The number of aryl methyl sites for hydroxylation is 1. The maximum atomic E-state index is 12.6. The summed E-state index contributed by atoms with van der Waals surface area (Å²) < 4.78 is 43.4. The van der Waals surface area contributed by atoms with Crippen LogP contribution in [0, 0.1) is 12.8 Å². The van der Waals surface area contributed by atoms with Crippen molar-refractivity contribution in [2.45, 2.75) is 57.5 Å². The lowest BCUT2D eigenvalue weighted by molar-refractivity contribution is -0.141. The molecule has 2 aliphatic rings. The van der Waals surface area contributed by atoms with Crippen molar-refractivity contribution in [1.29, 1.82) is 0 Å². The van der Waals surface area contributed by atoms with Crippen LogP contribution in [0.3, 0.4) is 0 Å². The summed E-state index contributed by atoms with van der Waals surface area (Å²) in [6.45, 7) is 3.97. The Morgan fingerprint density at radius 1 is 1.32 bits per heavy atom. The molecule has 0 saturated heterocycles. The number of aliphatic hydroxyl groups excluding tert-OH is 1. The molecule has 34 heavy (non-hydrogen) atoms. The van der Waals surface area contributed by atoms with Crippen LogP contribution in [0.2, 0.25) is 0 Å². The lowest BCUT2D eigenvalue weighted by atomic mass is 9.81. The second kappa shape index (κ2) is 9.24. The molecule has 2 atom stereocenters. The van der Waals surface area contributed by atoms with E-state index in [1.165, 1.54) is 6.07 Å². The monoisotopic (exact) mass is 480 g/mol. The minimum atomic E-state index is -4.47. The zero-order valence-corrected chi connectivity index (χ0v) is 19.1. The summed E-state index contributed by atoms with van der Waals surface area (Å²) in [6.07, 6.45) is -2.20. The van der Waals surface area contributed by atoms with Gasteiger partial charge in [-0.3, -0.25) is 4.79 Å². The van der Waals surface area contributed by atoms with E-state index in [4.69, 9.17) is 4.74 Å². The molecule has 0 radical (unpaired) electrons. The highest BCUT2D eigenvalue weighted by molar-refractivity contribution is 6.03. The molecule has 2 aromatic heterocycles. The highest BCUT2D eigenvalue weighted by atomic mass is 19.4. The number of nitrogens with one attached hydrogen (secondary N) is 2. The fraction of sp³-hybridized carbons (Fsp3) is 0.545. The van der Waals surface area contributed by atoms with Gasteiger partial charge in [-0.2, -0.15) is 18.2 Å². The number of aromatic nitrogens is 3. The van der Waals surface area contributed by atoms with Crippen LogP contribution in [0.15, 0.2) is 18.3 Å². The second-order valence-electron chi connectivity index (χ2n) is 8.72. The standard InChI is InChI=1S/C22H27F3N6O3/c1-4-15(32)18-20(33)29-17-11(2)27-21(30-19(17)31(18)3)28-13-7-12(8-13)10-34-14-5-6-16(26-9-14)22(23,24)25/h5-6,9,12-13,15,18,32H,4,7-8,10H2,1-3H3,(H,29,33)(H,27,28,30)/t12?,13?,15-,18?/m1/s1. The number of alkyl halides is 3. The van der Waals surface area contributed by atoms with E-state index in [2.05, 4.69) is 25.6 Å². The lowest BCUT2D eigenvalue weighted by Crippen LogP contribution is -2.53. The molecule has 1 saturated carbocycles. The number of fused-ring (bicyclic) bond motifs is 1. The predicted molar refractivity (Wildman–Crippen MR) is 119 cm³/mol. The first-order chi connectivity index (χ1) is 16.1. The number of amides is 1. The van der Waals surface area contributed by atoms with E-state index in [1.807, 2.05) is 6.92 Å². The fourth-order valence-electron chi connectivity index (χ4n) is 4.20. The number of carbonyl (C=O) groups is 1. The maximum Gasteiger partial charge on any atom is 0.433 e. The van der Waals surface area contributed by atoms with Crippen LogP contribution in [-0.2, 0) is 11.0 Å². The highest BCUT2D eigenvalue weighted by Crippen LogP contribution is 2.35. The molecular weight excluding hydrogens is 453 g/mol. The zero-order chi connectivity index (χ0) is 24.6. The molecule has 1 aliphatic carbocycles. The molecule has 3 N–H and O–H groups in total. The molecule has 12 heteroatoms. The molecular formula is C22H27F3N6O3. The molecule has 0 aromatic carbocycles. The summed E-state index contributed by atoms with van der Waals surface area (Å²) in [5.74, 6) is 1.22. The number of carbonyl (C=O) groups excluding carboxylic acids is 1. The average Bonchev–Trinajstić information content (AvgIpc) is 2.75. The zero-order valence-electron chi connectivity index (χ0n) is 19.1. The third kappa shape index (κ3) is 4.86. The molecule has 9 nitrogen and oxygen atoms in total. The topological polar surface area (TPSA) is 112 Å². The molecule has 1 aliphatic heterocycles. The molecule has 0 bridgehead atoms.